The topological polar surface area (TPSA) is 60.0 Å². The Kier molecular flexibility index (Phi) is 2.45. The number of hydrogen-bond donors (Lipinski definition) is 2. The number of anilines is 2. The van der Waals surface area contributed by atoms with E-state index < -0.39 is 0 Å². The zero-order chi connectivity index (χ0) is 13.6. The summed E-state index contributed by atoms with van der Waals surface area (Å²) in [6.45, 7) is 0. The van der Waals surface area contributed by atoms with Gasteiger partial charge in [-0.05, 0) is 29.7 Å². The van der Waals surface area contributed by atoms with Gasteiger partial charge in [-0.3, -0.25) is 4.79 Å². The normalized spacial score (nSPS) is 11.1. The Balaban J connectivity index is 2.58. The molecule has 19 heavy (non-hydrogen) atoms. The van der Waals surface area contributed by atoms with Gasteiger partial charge in [0.1, 0.15) is 0 Å². The average molecular weight is 253 g/mol. The highest BCUT2D eigenvalue weighted by atomic mass is 16.1. The van der Waals surface area contributed by atoms with E-state index in [1.807, 2.05) is 37.4 Å². The van der Waals surface area contributed by atoms with Gasteiger partial charge in [-0.15, -0.1) is 0 Å². The number of pyridine rings is 1. The third-order valence-corrected chi connectivity index (χ3v) is 3.52. The van der Waals surface area contributed by atoms with E-state index in [4.69, 9.17) is 5.73 Å². The highest BCUT2D eigenvalue weighted by Crippen LogP contribution is 2.26. The number of nitrogens with one attached hydrogen (secondary N) is 1. The van der Waals surface area contributed by atoms with Crippen LogP contribution in [0.1, 0.15) is 0 Å². The first-order valence-electron chi connectivity index (χ1n) is 6.11. The summed E-state index contributed by atoms with van der Waals surface area (Å²) in [6, 6.07) is 11.5. The van der Waals surface area contributed by atoms with E-state index in [0.717, 1.165) is 22.0 Å². The predicted octanol–water partition coefficient (Wildman–Crippen LogP) is 2.32. The fraction of sp³-hybridized carbons (Fsp3) is 0.133. The van der Waals surface area contributed by atoms with Gasteiger partial charge in [0.25, 0.3) is 5.56 Å². The van der Waals surface area contributed by atoms with Gasteiger partial charge in [0.05, 0.1) is 5.52 Å². The maximum Gasteiger partial charge on any atom is 0.258 e. The summed E-state index contributed by atoms with van der Waals surface area (Å²) in [5, 5.41) is 5.74. The third kappa shape index (κ3) is 1.64. The van der Waals surface area contributed by atoms with Gasteiger partial charge in [-0.2, -0.15) is 0 Å². The third-order valence-electron chi connectivity index (χ3n) is 3.52. The van der Waals surface area contributed by atoms with Crippen LogP contribution in [-0.2, 0) is 7.05 Å². The van der Waals surface area contributed by atoms with Crippen molar-refractivity contribution in [3.05, 3.63) is 46.8 Å². The Morgan fingerprint density at radius 1 is 1.05 bits per heavy atom. The van der Waals surface area contributed by atoms with Crippen LogP contribution in [0.2, 0.25) is 0 Å². The molecule has 0 bridgehead atoms. The molecule has 0 aliphatic carbocycles. The molecule has 0 atom stereocenters. The lowest BCUT2D eigenvalue weighted by Gasteiger charge is -2.11. The van der Waals surface area contributed by atoms with E-state index in [1.165, 1.54) is 0 Å². The van der Waals surface area contributed by atoms with Crippen molar-refractivity contribution in [2.75, 3.05) is 18.1 Å². The van der Waals surface area contributed by atoms with Crippen LogP contribution >= 0.6 is 0 Å². The monoisotopic (exact) mass is 253 g/mol. The molecular weight excluding hydrogens is 238 g/mol. The molecule has 0 saturated carbocycles. The molecule has 0 unspecified atom stereocenters. The molecular formula is C15H15N3O. The lowest BCUT2D eigenvalue weighted by atomic mass is 10.0. The van der Waals surface area contributed by atoms with Crippen LogP contribution in [0.4, 0.5) is 11.4 Å². The first kappa shape index (κ1) is 11.6. The van der Waals surface area contributed by atoms with Gasteiger partial charge in [0.15, 0.2) is 0 Å². The van der Waals surface area contributed by atoms with Gasteiger partial charge in [0.2, 0.25) is 0 Å². The van der Waals surface area contributed by atoms with Gasteiger partial charge >= 0.3 is 0 Å². The number of nitrogens with zero attached hydrogens (tertiary/aromatic N) is 1. The average Bonchev–Trinajstić information content (AvgIpc) is 2.44. The Labute approximate surface area is 110 Å². The van der Waals surface area contributed by atoms with Crippen molar-refractivity contribution in [2.24, 2.45) is 7.05 Å². The van der Waals surface area contributed by atoms with Crippen molar-refractivity contribution in [3.8, 4) is 0 Å². The number of nitrogens with two attached hydrogens (primary N) is 1. The Morgan fingerprint density at radius 3 is 2.53 bits per heavy atom. The van der Waals surface area contributed by atoms with Crippen LogP contribution in [0.3, 0.4) is 0 Å². The van der Waals surface area contributed by atoms with Crippen LogP contribution in [-0.4, -0.2) is 11.6 Å². The van der Waals surface area contributed by atoms with Crippen LogP contribution in [0.5, 0.6) is 0 Å². The number of aromatic nitrogens is 1. The molecule has 4 heteroatoms. The number of nitrogen functional groups attached to an aromatic ring is 1. The highest BCUT2D eigenvalue weighted by molar-refractivity contribution is 6.07. The molecule has 0 radical (unpaired) electrons. The number of benzene rings is 2. The smallest absolute Gasteiger partial charge is 0.258 e. The predicted molar refractivity (Wildman–Crippen MR) is 80.7 cm³/mol. The molecule has 0 spiro atoms. The maximum atomic E-state index is 12.4. The van der Waals surface area contributed by atoms with Crippen molar-refractivity contribution in [1.82, 2.24) is 4.57 Å². The van der Waals surface area contributed by atoms with Crippen molar-refractivity contribution < 1.29 is 0 Å². The minimum Gasteiger partial charge on any atom is -0.399 e. The molecule has 1 aromatic heterocycles. The highest BCUT2D eigenvalue weighted by Gasteiger charge is 2.09. The molecule has 1 heterocycles. The quantitative estimate of drug-likeness (QED) is 0.517. The SMILES string of the molecule is CNc1ccc2c3ccc(N)cc3c(=O)n(C)c2c1. The fourth-order valence-electron chi connectivity index (χ4n) is 2.46. The molecule has 4 nitrogen and oxygen atoms in total. The lowest BCUT2D eigenvalue weighted by molar-refractivity contribution is 0.918. The molecule has 3 aromatic rings. The van der Waals surface area contributed by atoms with Crippen molar-refractivity contribution in [1.29, 1.82) is 0 Å². The largest absolute Gasteiger partial charge is 0.399 e. The summed E-state index contributed by atoms with van der Waals surface area (Å²) in [4.78, 5) is 12.4. The summed E-state index contributed by atoms with van der Waals surface area (Å²) >= 11 is 0. The number of rotatable bonds is 1. The Hall–Kier alpha value is -2.49. The molecule has 0 amide bonds. The summed E-state index contributed by atoms with van der Waals surface area (Å²) < 4.78 is 1.66. The zero-order valence-electron chi connectivity index (χ0n) is 10.9. The van der Waals surface area contributed by atoms with Crippen molar-refractivity contribution >= 4 is 33.1 Å². The first-order chi connectivity index (χ1) is 9.11. The van der Waals surface area contributed by atoms with Gasteiger partial charge < -0.3 is 15.6 Å². The molecule has 3 rings (SSSR count). The van der Waals surface area contributed by atoms with E-state index in [0.29, 0.717) is 11.1 Å². The van der Waals surface area contributed by atoms with E-state index in [9.17, 15) is 4.79 Å². The first-order valence-corrected chi connectivity index (χ1v) is 6.11. The second kappa shape index (κ2) is 4.02. The maximum absolute atomic E-state index is 12.4. The van der Waals surface area contributed by atoms with Gasteiger partial charge in [0, 0.05) is 36.2 Å². The molecule has 0 fully saturated rings. The van der Waals surface area contributed by atoms with E-state index in [-0.39, 0.29) is 5.56 Å². The Bertz CT molecular complexity index is 849. The number of hydrogen-bond acceptors (Lipinski definition) is 3. The van der Waals surface area contributed by atoms with Gasteiger partial charge in [-0.25, -0.2) is 0 Å². The standard InChI is InChI=1S/C15H15N3O/c1-17-10-4-6-12-11-5-3-9(16)7-13(11)15(19)18(2)14(12)8-10/h3-8,17H,16H2,1-2H3. The summed E-state index contributed by atoms with van der Waals surface area (Å²) in [5.74, 6) is 0. The summed E-state index contributed by atoms with van der Waals surface area (Å²) in [5.41, 5.74) is 8.25. The van der Waals surface area contributed by atoms with E-state index in [2.05, 4.69) is 5.32 Å². The van der Waals surface area contributed by atoms with Crippen LogP contribution in [0.25, 0.3) is 21.7 Å². The minimum atomic E-state index is -0.0250. The van der Waals surface area contributed by atoms with Crippen molar-refractivity contribution in [3.63, 3.8) is 0 Å². The second-order valence-corrected chi connectivity index (χ2v) is 4.65. The van der Waals surface area contributed by atoms with Crippen LogP contribution in [0.15, 0.2) is 41.2 Å². The van der Waals surface area contributed by atoms with Crippen LogP contribution < -0.4 is 16.6 Å². The van der Waals surface area contributed by atoms with Gasteiger partial charge in [-0.1, -0.05) is 12.1 Å². The number of aryl methyl sites for hydroxylation is 1. The van der Waals surface area contributed by atoms with Crippen LogP contribution in [0, 0.1) is 0 Å². The minimum absolute atomic E-state index is 0.0250. The molecule has 2 aromatic carbocycles. The van der Waals surface area contributed by atoms with E-state index >= 15 is 0 Å². The number of fused-ring (bicyclic) bond motifs is 3. The summed E-state index contributed by atoms with van der Waals surface area (Å²) in [7, 11) is 3.65. The second-order valence-electron chi connectivity index (χ2n) is 4.65. The molecule has 0 saturated heterocycles. The van der Waals surface area contributed by atoms with E-state index in [1.54, 1.807) is 17.7 Å². The lowest BCUT2D eigenvalue weighted by Crippen LogP contribution is -2.17. The summed E-state index contributed by atoms with van der Waals surface area (Å²) in [6.07, 6.45) is 0. The van der Waals surface area contributed by atoms with Crippen molar-refractivity contribution in [2.45, 2.75) is 0 Å². The Morgan fingerprint density at radius 2 is 1.79 bits per heavy atom. The molecule has 3 N–H and O–H groups in total. The fourth-order valence-corrected chi connectivity index (χ4v) is 2.46. The molecule has 0 aliphatic rings. The molecule has 0 aliphatic heterocycles. The zero-order valence-corrected chi connectivity index (χ0v) is 10.9. The molecule has 96 valence electrons.